The quantitative estimate of drug-likeness (QED) is 0.245. The van der Waals surface area contributed by atoms with Crippen LogP contribution in [0.4, 0.5) is 0 Å². The molecule has 8 rings (SSSR count). The molecule has 0 saturated heterocycles. The molecule has 6 aromatic carbocycles. The summed E-state index contributed by atoms with van der Waals surface area (Å²) >= 11 is 0. The Morgan fingerprint density at radius 3 is 1.61 bits per heavy atom. The second kappa shape index (κ2) is 8.22. The minimum Gasteiger partial charge on any atom is -0.228 e. The standard InChI is InChI=1S/C36H22N2/c1-2-11-23(12-3-1)35-32-17-8-9-20-33(32)37-36(38-35)31-22-21-30-27-16-7-5-14-25(27)24-13-4-6-15-26(24)28-18-10-19-29(31)34(28)30/h1-22H. The number of rotatable bonds is 2. The van der Waals surface area contributed by atoms with Crippen LogP contribution in [0.25, 0.3) is 77.7 Å². The summed E-state index contributed by atoms with van der Waals surface area (Å²) in [4.78, 5) is 10.3. The maximum Gasteiger partial charge on any atom is 0.161 e. The van der Waals surface area contributed by atoms with Crippen molar-refractivity contribution in [2.24, 2.45) is 0 Å². The zero-order valence-corrected chi connectivity index (χ0v) is 20.6. The average Bonchev–Trinajstić information content (AvgIpc) is 3.11. The second-order valence-electron chi connectivity index (χ2n) is 9.76. The monoisotopic (exact) mass is 482 g/mol. The predicted molar refractivity (Wildman–Crippen MR) is 158 cm³/mol. The average molecular weight is 483 g/mol. The van der Waals surface area contributed by atoms with E-state index in [2.05, 4.69) is 121 Å². The third-order valence-corrected chi connectivity index (χ3v) is 7.66. The van der Waals surface area contributed by atoms with E-state index in [-0.39, 0.29) is 0 Å². The van der Waals surface area contributed by atoms with Gasteiger partial charge in [0, 0.05) is 16.5 Å². The molecule has 0 saturated carbocycles. The maximum absolute atomic E-state index is 5.20. The number of hydrogen-bond acceptors (Lipinski definition) is 2. The minimum atomic E-state index is 0.747. The summed E-state index contributed by atoms with van der Waals surface area (Å²) in [5, 5.41) is 3.48. The zero-order valence-electron chi connectivity index (χ0n) is 20.6. The first-order valence-electron chi connectivity index (χ1n) is 12.9. The van der Waals surface area contributed by atoms with Crippen molar-refractivity contribution < 1.29 is 0 Å². The maximum atomic E-state index is 5.20. The number of aromatic nitrogens is 2. The summed E-state index contributed by atoms with van der Waals surface area (Å²) in [6, 6.07) is 47.2. The van der Waals surface area contributed by atoms with Gasteiger partial charge in [-0.2, -0.15) is 0 Å². The van der Waals surface area contributed by atoms with Crippen molar-refractivity contribution >= 4 is 21.7 Å². The normalized spacial score (nSPS) is 11.7. The van der Waals surface area contributed by atoms with Crippen LogP contribution in [0.15, 0.2) is 133 Å². The van der Waals surface area contributed by atoms with Gasteiger partial charge < -0.3 is 0 Å². The molecule has 0 bridgehead atoms. The molecule has 0 N–H and O–H groups in total. The Balaban J connectivity index is 1.47. The van der Waals surface area contributed by atoms with E-state index in [0.29, 0.717) is 0 Å². The molecule has 1 heterocycles. The van der Waals surface area contributed by atoms with Crippen LogP contribution in [0.1, 0.15) is 0 Å². The fraction of sp³-hybridized carbons (Fsp3) is 0. The van der Waals surface area contributed by atoms with Crippen molar-refractivity contribution in [2.45, 2.75) is 0 Å². The molecule has 0 amide bonds. The Kier molecular flexibility index (Phi) is 4.55. The van der Waals surface area contributed by atoms with E-state index in [9.17, 15) is 0 Å². The molecule has 0 spiro atoms. The molecule has 7 aromatic rings. The molecule has 1 aliphatic rings. The lowest BCUT2D eigenvalue weighted by Gasteiger charge is -2.15. The van der Waals surface area contributed by atoms with Crippen LogP contribution in [0.3, 0.4) is 0 Å². The van der Waals surface area contributed by atoms with Gasteiger partial charge in [0.1, 0.15) is 0 Å². The van der Waals surface area contributed by atoms with E-state index in [1.807, 2.05) is 12.1 Å². The molecule has 2 nitrogen and oxygen atoms in total. The van der Waals surface area contributed by atoms with Crippen LogP contribution >= 0.6 is 0 Å². The number of nitrogens with zero attached hydrogens (tertiary/aromatic N) is 2. The Labute approximate surface area is 220 Å². The molecule has 0 radical (unpaired) electrons. The van der Waals surface area contributed by atoms with E-state index >= 15 is 0 Å². The van der Waals surface area contributed by atoms with Crippen LogP contribution in [-0.2, 0) is 0 Å². The molecule has 1 aliphatic carbocycles. The lowest BCUT2D eigenvalue weighted by atomic mass is 9.91. The van der Waals surface area contributed by atoms with Crippen LogP contribution in [-0.4, -0.2) is 9.97 Å². The summed E-state index contributed by atoms with van der Waals surface area (Å²) < 4.78 is 0. The topological polar surface area (TPSA) is 25.8 Å². The lowest BCUT2D eigenvalue weighted by molar-refractivity contribution is 1.23. The van der Waals surface area contributed by atoms with Crippen LogP contribution in [0.2, 0.25) is 0 Å². The molecule has 38 heavy (non-hydrogen) atoms. The first-order valence-corrected chi connectivity index (χ1v) is 12.9. The summed E-state index contributed by atoms with van der Waals surface area (Å²) in [5.41, 5.74) is 11.6. The Bertz CT molecular complexity index is 1970. The van der Waals surface area contributed by atoms with Crippen molar-refractivity contribution in [1.82, 2.24) is 9.97 Å². The second-order valence-corrected chi connectivity index (χ2v) is 9.76. The molecule has 176 valence electrons. The first-order chi connectivity index (χ1) is 18.9. The largest absolute Gasteiger partial charge is 0.228 e. The highest BCUT2D eigenvalue weighted by Crippen LogP contribution is 2.48. The molecule has 2 heteroatoms. The molecular weight excluding hydrogens is 460 g/mol. The summed E-state index contributed by atoms with van der Waals surface area (Å²) in [5.74, 6) is 0.747. The summed E-state index contributed by atoms with van der Waals surface area (Å²) in [7, 11) is 0. The van der Waals surface area contributed by atoms with E-state index < -0.39 is 0 Å². The van der Waals surface area contributed by atoms with Gasteiger partial charge in [-0.05, 0) is 56.3 Å². The predicted octanol–water partition coefficient (Wildman–Crippen LogP) is 9.43. The van der Waals surface area contributed by atoms with Crippen molar-refractivity contribution in [1.29, 1.82) is 0 Å². The van der Waals surface area contributed by atoms with E-state index in [0.717, 1.165) is 33.5 Å². The van der Waals surface area contributed by atoms with Crippen LogP contribution in [0, 0.1) is 0 Å². The highest BCUT2D eigenvalue weighted by molar-refractivity contribution is 6.16. The zero-order chi connectivity index (χ0) is 25.1. The van der Waals surface area contributed by atoms with Gasteiger partial charge >= 0.3 is 0 Å². The lowest BCUT2D eigenvalue weighted by Crippen LogP contribution is -1.96. The summed E-state index contributed by atoms with van der Waals surface area (Å²) in [6.45, 7) is 0. The van der Waals surface area contributed by atoms with Crippen molar-refractivity contribution in [3.05, 3.63) is 133 Å². The molecular formula is C36H22N2. The van der Waals surface area contributed by atoms with Gasteiger partial charge in [0.2, 0.25) is 0 Å². The highest BCUT2D eigenvalue weighted by Gasteiger charge is 2.23. The number of hydrogen-bond donors (Lipinski definition) is 0. The van der Waals surface area contributed by atoms with E-state index in [4.69, 9.17) is 9.97 Å². The van der Waals surface area contributed by atoms with E-state index in [1.54, 1.807) is 0 Å². The first kappa shape index (κ1) is 21.0. The summed E-state index contributed by atoms with van der Waals surface area (Å²) in [6.07, 6.45) is 0. The Morgan fingerprint density at radius 2 is 0.868 bits per heavy atom. The molecule has 0 aliphatic heterocycles. The van der Waals surface area contributed by atoms with Gasteiger partial charge in [-0.25, -0.2) is 9.97 Å². The van der Waals surface area contributed by atoms with Crippen molar-refractivity contribution in [3.8, 4) is 56.0 Å². The van der Waals surface area contributed by atoms with Gasteiger partial charge in [-0.3, -0.25) is 0 Å². The number of fused-ring (bicyclic) bond motifs is 6. The molecule has 0 fully saturated rings. The van der Waals surface area contributed by atoms with Crippen molar-refractivity contribution in [3.63, 3.8) is 0 Å². The van der Waals surface area contributed by atoms with E-state index in [1.165, 1.54) is 44.2 Å². The fourth-order valence-corrected chi connectivity index (χ4v) is 5.97. The third-order valence-electron chi connectivity index (χ3n) is 7.66. The molecule has 0 atom stereocenters. The Morgan fingerprint density at radius 1 is 0.342 bits per heavy atom. The third kappa shape index (κ3) is 3.07. The fourth-order valence-electron chi connectivity index (χ4n) is 5.97. The SMILES string of the molecule is c1ccc(-c2nc(-c3ccc4c5c(cccc35)-c3ccccc3-c3ccccc3-4)nc3ccccc23)cc1. The van der Waals surface area contributed by atoms with Crippen LogP contribution < -0.4 is 0 Å². The van der Waals surface area contributed by atoms with Crippen LogP contribution in [0.5, 0.6) is 0 Å². The number of para-hydroxylation sites is 1. The number of benzene rings is 6. The van der Waals surface area contributed by atoms with Gasteiger partial charge in [0.25, 0.3) is 0 Å². The van der Waals surface area contributed by atoms with Crippen molar-refractivity contribution in [2.75, 3.05) is 0 Å². The Hall–Kier alpha value is -5.08. The highest BCUT2D eigenvalue weighted by atomic mass is 14.9. The van der Waals surface area contributed by atoms with Gasteiger partial charge in [-0.1, -0.05) is 121 Å². The minimum absolute atomic E-state index is 0.747. The van der Waals surface area contributed by atoms with Gasteiger partial charge in [0.15, 0.2) is 5.82 Å². The smallest absolute Gasteiger partial charge is 0.161 e. The molecule has 1 aromatic heterocycles. The molecule has 0 unspecified atom stereocenters. The van der Waals surface area contributed by atoms with Gasteiger partial charge in [0.05, 0.1) is 11.2 Å². The van der Waals surface area contributed by atoms with Gasteiger partial charge in [-0.15, -0.1) is 0 Å².